The molecule has 1 aromatic heterocycles. The van der Waals surface area contributed by atoms with Crippen LogP contribution in [0, 0.1) is 6.92 Å². The van der Waals surface area contributed by atoms with Gasteiger partial charge in [-0.25, -0.2) is 0 Å². The highest BCUT2D eigenvalue weighted by molar-refractivity contribution is 6.33. The third-order valence-corrected chi connectivity index (χ3v) is 5.36. The number of halogens is 3. The summed E-state index contributed by atoms with van der Waals surface area (Å²) in [6, 6.07) is 6.91. The number of aromatic nitrogens is 1. The van der Waals surface area contributed by atoms with Gasteiger partial charge >= 0.3 is 12.6 Å². The molecular weight excluding hydrogens is 456 g/mol. The lowest BCUT2D eigenvalue weighted by Gasteiger charge is -2.24. The number of fused-ring (bicyclic) bond motifs is 1. The van der Waals surface area contributed by atoms with Crippen LogP contribution in [0.2, 0.25) is 5.02 Å². The van der Waals surface area contributed by atoms with E-state index in [0.29, 0.717) is 27.9 Å². The maximum Gasteiger partial charge on any atom is 0.387 e. The molecule has 3 rings (SSSR count). The van der Waals surface area contributed by atoms with Gasteiger partial charge in [-0.1, -0.05) is 32.4 Å². The highest BCUT2D eigenvalue weighted by atomic mass is 35.5. The summed E-state index contributed by atoms with van der Waals surface area (Å²) in [7, 11) is 1.49. The molecule has 9 heteroatoms. The zero-order chi connectivity index (χ0) is 24.7. The molecule has 176 valence electrons. The number of nitrogens with zero attached hydrogens (tertiary/aromatic N) is 1. The average Bonchev–Trinajstić information content (AvgIpc) is 2.96. The van der Waals surface area contributed by atoms with Crippen LogP contribution in [0.4, 0.5) is 8.78 Å². The van der Waals surface area contributed by atoms with Crippen LogP contribution in [0.5, 0.6) is 17.2 Å². The molecule has 1 heterocycles. The molecule has 0 spiro atoms. The van der Waals surface area contributed by atoms with E-state index in [4.69, 9.17) is 21.1 Å². The Labute approximate surface area is 195 Å². The van der Waals surface area contributed by atoms with Crippen molar-refractivity contribution in [3.05, 3.63) is 52.2 Å². The number of carbonyl (C=O) groups excluding carboxylic acids is 2. The van der Waals surface area contributed by atoms with Crippen molar-refractivity contribution >= 4 is 34.4 Å². The van der Waals surface area contributed by atoms with Crippen molar-refractivity contribution < 1.29 is 32.6 Å². The number of ether oxygens (including phenoxy) is 3. The van der Waals surface area contributed by atoms with Crippen molar-refractivity contribution in [1.82, 2.24) is 4.57 Å². The third-order valence-electron chi connectivity index (χ3n) is 5.07. The molecule has 0 unspecified atom stereocenters. The largest absolute Gasteiger partial charge is 0.495 e. The topological polar surface area (TPSA) is 66.8 Å². The molecule has 0 fully saturated rings. The molecule has 2 aromatic carbocycles. The Hall–Kier alpha value is -3.13. The van der Waals surface area contributed by atoms with Gasteiger partial charge in [0, 0.05) is 18.1 Å². The van der Waals surface area contributed by atoms with Gasteiger partial charge in [-0.3, -0.25) is 14.2 Å². The van der Waals surface area contributed by atoms with Gasteiger partial charge in [0.25, 0.3) is 5.91 Å². The fourth-order valence-corrected chi connectivity index (χ4v) is 4.12. The second kappa shape index (κ2) is 9.02. The quantitative estimate of drug-likeness (QED) is 0.412. The van der Waals surface area contributed by atoms with Crippen LogP contribution in [0.25, 0.3) is 10.9 Å². The molecule has 0 radical (unpaired) electrons. The highest BCUT2D eigenvalue weighted by Gasteiger charge is 2.32. The number of hydrogen-bond donors (Lipinski definition) is 0. The van der Waals surface area contributed by atoms with Crippen LogP contribution < -0.4 is 14.2 Å². The lowest BCUT2D eigenvalue weighted by Crippen LogP contribution is -2.15. The summed E-state index contributed by atoms with van der Waals surface area (Å²) >= 11 is 6.53. The number of hydrogen-bond acceptors (Lipinski definition) is 5. The molecular formula is C24H24ClF2NO5. The Morgan fingerprint density at radius 2 is 1.70 bits per heavy atom. The maximum absolute atomic E-state index is 13.5. The van der Waals surface area contributed by atoms with Crippen molar-refractivity contribution in [1.29, 1.82) is 0 Å². The molecule has 0 saturated carbocycles. The second-order valence-electron chi connectivity index (χ2n) is 8.46. The van der Waals surface area contributed by atoms with Gasteiger partial charge < -0.3 is 14.2 Å². The Morgan fingerprint density at radius 1 is 1.09 bits per heavy atom. The summed E-state index contributed by atoms with van der Waals surface area (Å²) in [6.07, 6.45) is 0. The van der Waals surface area contributed by atoms with E-state index in [2.05, 4.69) is 4.74 Å². The average molecular weight is 480 g/mol. The van der Waals surface area contributed by atoms with E-state index in [1.807, 2.05) is 20.8 Å². The SMILES string of the molecule is COc1c(Cl)cc2c(c(OC(C)=O)c(C)n2C(=O)c2ccc(OC(F)F)cc2)c1C(C)(C)C. The minimum atomic E-state index is -2.97. The van der Waals surface area contributed by atoms with Crippen LogP contribution in [0.1, 0.15) is 49.3 Å². The van der Waals surface area contributed by atoms with E-state index < -0.39 is 23.9 Å². The Bertz CT molecular complexity index is 1230. The number of rotatable bonds is 5. The van der Waals surface area contributed by atoms with Crippen molar-refractivity contribution in [2.45, 2.75) is 46.6 Å². The number of methoxy groups -OCH3 is 1. The zero-order valence-corrected chi connectivity index (χ0v) is 19.8. The summed E-state index contributed by atoms with van der Waals surface area (Å²) in [5.74, 6) is -0.432. The number of esters is 1. The van der Waals surface area contributed by atoms with Gasteiger partial charge in [-0.15, -0.1) is 0 Å². The van der Waals surface area contributed by atoms with Gasteiger partial charge in [0.05, 0.1) is 28.7 Å². The molecule has 0 aliphatic heterocycles. The van der Waals surface area contributed by atoms with Gasteiger partial charge in [0.2, 0.25) is 0 Å². The summed E-state index contributed by atoms with van der Waals surface area (Å²) in [6.45, 7) is 5.81. The van der Waals surface area contributed by atoms with Gasteiger partial charge in [0.1, 0.15) is 11.5 Å². The van der Waals surface area contributed by atoms with Gasteiger partial charge in [0.15, 0.2) is 5.75 Å². The molecule has 3 aromatic rings. The van der Waals surface area contributed by atoms with E-state index in [1.165, 1.54) is 42.9 Å². The molecule has 0 amide bonds. The molecule has 0 saturated heterocycles. The summed E-state index contributed by atoms with van der Waals surface area (Å²) in [5, 5.41) is 0.819. The second-order valence-corrected chi connectivity index (χ2v) is 8.87. The van der Waals surface area contributed by atoms with Crippen LogP contribution in [-0.2, 0) is 10.2 Å². The Kier molecular flexibility index (Phi) is 6.70. The number of alkyl halides is 2. The molecule has 33 heavy (non-hydrogen) atoms. The fourth-order valence-electron chi connectivity index (χ4n) is 3.84. The normalized spacial score (nSPS) is 11.7. The van der Waals surface area contributed by atoms with Crippen molar-refractivity contribution in [2.75, 3.05) is 7.11 Å². The minimum absolute atomic E-state index is 0.0703. The maximum atomic E-state index is 13.5. The summed E-state index contributed by atoms with van der Waals surface area (Å²) in [5.41, 5.74) is 1.22. The van der Waals surface area contributed by atoms with Gasteiger partial charge in [-0.2, -0.15) is 8.78 Å². The summed E-state index contributed by atoms with van der Waals surface area (Å²) in [4.78, 5) is 25.4. The molecule has 0 aliphatic carbocycles. The van der Waals surface area contributed by atoms with Crippen LogP contribution in [0.15, 0.2) is 30.3 Å². The lowest BCUT2D eigenvalue weighted by atomic mass is 9.83. The van der Waals surface area contributed by atoms with E-state index in [1.54, 1.807) is 13.0 Å². The smallest absolute Gasteiger partial charge is 0.387 e. The van der Waals surface area contributed by atoms with Crippen molar-refractivity contribution in [2.24, 2.45) is 0 Å². The lowest BCUT2D eigenvalue weighted by molar-refractivity contribution is -0.131. The predicted molar refractivity (Wildman–Crippen MR) is 121 cm³/mol. The van der Waals surface area contributed by atoms with Crippen LogP contribution in [-0.4, -0.2) is 30.2 Å². The third kappa shape index (κ3) is 4.66. The van der Waals surface area contributed by atoms with E-state index in [-0.39, 0.29) is 22.1 Å². The van der Waals surface area contributed by atoms with Crippen molar-refractivity contribution in [3.63, 3.8) is 0 Å². The van der Waals surface area contributed by atoms with E-state index >= 15 is 0 Å². The Balaban J connectivity index is 2.32. The first-order valence-corrected chi connectivity index (χ1v) is 10.4. The first-order chi connectivity index (χ1) is 15.4. The highest BCUT2D eigenvalue weighted by Crippen LogP contribution is 2.48. The van der Waals surface area contributed by atoms with E-state index in [0.717, 1.165) is 0 Å². The van der Waals surface area contributed by atoms with E-state index in [9.17, 15) is 18.4 Å². The minimum Gasteiger partial charge on any atom is -0.495 e. The molecule has 0 bridgehead atoms. The molecule has 0 aliphatic rings. The Morgan fingerprint density at radius 3 is 2.18 bits per heavy atom. The fraction of sp³-hybridized carbons (Fsp3) is 0.333. The number of carbonyl (C=O) groups is 2. The summed E-state index contributed by atoms with van der Waals surface area (Å²) < 4.78 is 41.8. The van der Waals surface area contributed by atoms with Crippen LogP contribution in [0.3, 0.4) is 0 Å². The standard InChI is InChI=1S/C24H24ClF2NO5/c1-12-20(32-13(2)29)18-17(11-16(25)21(31-6)19(18)24(3,4)5)28(12)22(30)14-7-9-15(10-8-14)33-23(26)27/h7-11,23H,1-6H3. The van der Waals surface area contributed by atoms with Crippen LogP contribution >= 0.6 is 11.6 Å². The molecule has 0 atom stereocenters. The van der Waals surface area contributed by atoms with Gasteiger partial charge in [-0.05, 0) is 42.7 Å². The molecule has 6 nitrogen and oxygen atoms in total. The number of benzene rings is 2. The van der Waals surface area contributed by atoms with Crippen molar-refractivity contribution in [3.8, 4) is 17.2 Å². The molecule has 0 N–H and O–H groups in total. The first-order valence-electron chi connectivity index (χ1n) is 10.1. The zero-order valence-electron chi connectivity index (χ0n) is 19.1. The first kappa shape index (κ1) is 24.5. The predicted octanol–water partition coefficient (Wildman–Crippen LogP) is 6.12. The monoisotopic (exact) mass is 479 g/mol.